The van der Waals surface area contributed by atoms with Gasteiger partial charge in [-0.05, 0) is 49.1 Å². The highest BCUT2D eigenvalue weighted by atomic mass is 35.5. The van der Waals surface area contributed by atoms with Crippen molar-refractivity contribution in [2.75, 3.05) is 18.6 Å². The van der Waals surface area contributed by atoms with Gasteiger partial charge in [-0.3, -0.25) is 0 Å². The molecule has 1 nitrogen and oxygen atoms in total. The first-order valence-corrected chi connectivity index (χ1v) is 8.52. The Morgan fingerprint density at radius 3 is 2.56 bits per heavy atom. The number of benzene rings is 1. The van der Waals surface area contributed by atoms with Crippen molar-refractivity contribution in [1.29, 1.82) is 0 Å². The molecule has 0 fully saturated rings. The molecule has 0 amide bonds. The number of unbranched alkanes of at least 4 members (excludes halogenated alkanes) is 3. The van der Waals surface area contributed by atoms with Crippen molar-refractivity contribution in [2.45, 2.75) is 32.2 Å². The van der Waals surface area contributed by atoms with Crippen LogP contribution in [0.15, 0.2) is 18.2 Å². The predicted molar refractivity (Wildman–Crippen MR) is 85.0 cm³/mol. The van der Waals surface area contributed by atoms with E-state index in [1.807, 2.05) is 30.0 Å². The van der Waals surface area contributed by atoms with Gasteiger partial charge in [0.15, 0.2) is 0 Å². The number of halogens is 2. The summed E-state index contributed by atoms with van der Waals surface area (Å²) < 4.78 is 0. The number of rotatable bonds is 9. The average Bonchev–Trinajstić information content (AvgIpc) is 2.37. The molecule has 0 bridgehead atoms. The molecule has 1 aromatic carbocycles. The third-order valence-corrected chi connectivity index (χ3v) is 4.20. The third-order valence-electron chi connectivity index (χ3n) is 2.77. The molecular weight excluding hydrogens is 285 g/mol. The minimum atomic E-state index is 0.620. The average molecular weight is 306 g/mol. The maximum Gasteiger partial charge on any atom is 0.0595 e. The van der Waals surface area contributed by atoms with Gasteiger partial charge in [0, 0.05) is 6.54 Å². The molecule has 0 unspecified atom stereocenters. The molecule has 1 rings (SSSR count). The molecular formula is C14H21Cl2NS. The Morgan fingerprint density at radius 1 is 1.06 bits per heavy atom. The minimum absolute atomic E-state index is 0.620. The van der Waals surface area contributed by atoms with Crippen molar-refractivity contribution in [3.05, 3.63) is 33.8 Å². The van der Waals surface area contributed by atoms with E-state index in [2.05, 4.69) is 11.6 Å². The molecule has 0 saturated heterocycles. The highest BCUT2D eigenvalue weighted by molar-refractivity contribution is 7.98. The van der Waals surface area contributed by atoms with Crippen LogP contribution >= 0.6 is 35.0 Å². The summed E-state index contributed by atoms with van der Waals surface area (Å²) in [5.74, 6) is 1.29. The Hall–Kier alpha value is 0.110. The van der Waals surface area contributed by atoms with E-state index in [-0.39, 0.29) is 0 Å². The molecule has 0 aliphatic heterocycles. The summed E-state index contributed by atoms with van der Waals surface area (Å²) in [6, 6.07) is 5.79. The quantitative estimate of drug-likeness (QED) is 0.644. The van der Waals surface area contributed by atoms with Crippen molar-refractivity contribution < 1.29 is 0 Å². The largest absolute Gasteiger partial charge is 0.313 e. The van der Waals surface area contributed by atoms with Crippen LogP contribution in [0.3, 0.4) is 0 Å². The van der Waals surface area contributed by atoms with Crippen LogP contribution in [0.5, 0.6) is 0 Å². The van der Waals surface area contributed by atoms with Crippen LogP contribution in [-0.4, -0.2) is 18.6 Å². The van der Waals surface area contributed by atoms with Crippen molar-refractivity contribution >= 4 is 35.0 Å². The fourth-order valence-corrected chi connectivity index (χ4v) is 2.55. The summed E-state index contributed by atoms with van der Waals surface area (Å²) in [4.78, 5) is 0. The van der Waals surface area contributed by atoms with Crippen LogP contribution in [0.1, 0.15) is 31.2 Å². The van der Waals surface area contributed by atoms with Crippen molar-refractivity contribution in [2.24, 2.45) is 0 Å². The molecule has 1 aromatic rings. The van der Waals surface area contributed by atoms with Crippen molar-refractivity contribution in [1.82, 2.24) is 5.32 Å². The van der Waals surface area contributed by atoms with Crippen LogP contribution in [0.4, 0.5) is 0 Å². The van der Waals surface area contributed by atoms with E-state index in [9.17, 15) is 0 Å². The van der Waals surface area contributed by atoms with Crippen LogP contribution in [0.25, 0.3) is 0 Å². The first kappa shape index (κ1) is 16.2. The van der Waals surface area contributed by atoms with Gasteiger partial charge in [-0.25, -0.2) is 0 Å². The van der Waals surface area contributed by atoms with Crippen LogP contribution in [0.2, 0.25) is 10.0 Å². The topological polar surface area (TPSA) is 12.0 Å². The minimum Gasteiger partial charge on any atom is -0.313 e. The highest BCUT2D eigenvalue weighted by Crippen LogP contribution is 2.22. The lowest BCUT2D eigenvalue weighted by Crippen LogP contribution is -2.14. The smallest absolute Gasteiger partial charge is 0.0595 e. The first-order valence-electron chi connectivity index (χ1n) is 6.37. The van der Waals surface area contributed by atoms with E-state index in [1.54, 1.807) is 0 Å². The monoisotopic (exact) mass is 305 g/mol. The summed E-state index contributed by atoms with van der Waals surface area (Å²) in [5.41, 5.74) is 1.19. The zero-order valence-electron chi connectivity index (χ0n) is 10.8. The molecule has 0 saturated carbocycles. The summed E-state index contributed by atoms with van der Waals surface area (Å²) in [7, 11) is 0. The molecule has 0 atom stereocenters. The van der Waals surface area contributed by atoms with Gasteiger partial charge >= 0.3 is 0 Å². The summed E-state index contributed by atoms with van der Waals surface area (Å²) in [5, 5.41) is 4.68. The van der Waals surface area contributed by atoms with Crippen LogP contribution in [0, 0.1) is 0 Å². The van der Waals surface area contributed by atoms with E-state index < -0.39 is 0 Å². The molecule has 18 heavy (non-hydrogen) atoms. The highest BCUT2D eigenvalue weighted by Gasteiger charge is 1.99. The number of hydrogen-bond acceptors (Lipinski definition) is 2. The lowest BCUT2D eigenvalue weighted by molar-refractivity contribution is 0.599. The lowest BCUT2D eigenvalue weighted by atomic mass is 10.2. The van der Waals surface area contributed by atoms with Crippen LogP contribution in [-0.2, 0) is 6.54 Å². The van der Waals surface area contributed by atoms with Crippen molar-refractivity contribution in [3.63, 3.8) is 0 Å². The van der Waals surface area contributed by atoms with E-state index in [1.165, 1.54) is 37.0 Å². The summed E-state index contributed by atoms with van der Waals surface area (Å²) in [6.07, 6.45) is 7.41. The van der Waals surface area contributed by atoms with Gasteiger partial charge in [-0.2, -0.15) is 11.8 Å². The number of hydrogen-bond donors (Lipinski definition) is 1. The van der Waals surface area contributed by atoms with Crippen LogP contribution < -0.4 is 5.32 Å². The van der Waals surface area contributed by atoms with Crippen molar-refractivity contribution in [3.8, 4) is 0 Å². The maximum atomic E-state index is 5.96. The molecule has 0 spiro atoms. The number of thioether (sulfide) groups is 1. The molecule has 0 radical (unpaired) electrons. The third kappa shape index (κ3) is 6.89. The first-order chi connectivity index (χ1) is 8.74. The van der Waals surface area contributed by atoms with Gasteiger partial charge < -0.3 is 5.32 Å². The fourth-order valence-electron chi connectivity index (χ4n) is 1.73. The SMILES string of the molecule is CSCCCCCCNCc1ccc(Cl)c(Cl)c1. The van der Waals surface area contributed by atoms with E-state index in [0.717, 1.165) is 13.1 Å². The second-order valence-electron chi connectivity index (χ2n) is 4.33. The fraction of sp³-hybridized carbons (Fsp3) is 0.571. The molecule has 4 heteroatoms. The maximum absolute atomic E-state index is 5.96. The Bertz CT molecular complexity index is 345. The van der Waals surface area contributed by atoms with Gasteiger partial charge in [0.1, 0.15) is 0 Å². The Balaban J connectivity index is 2.05. The molecule has 0 aliphatic rings. The standard InChI is InChI=1S/C14H21Cl2NS/c1-18-9-5-3-2-4-8-17-11-12-6-7-13(15)14(16)10-12/h6-7,10,17H,2-5,8-9,11H2,1H3. The predicted octanol–water partition coefficient (Wildman–Crippen LogP) is 5.01. The van der Waals surface area contributed by atoms with E-state index in [4.69, 9.17) is 23.2 Å². The molecule has 0 aliphatic carbocycles. The molecule has 0 aromatic heterocycles. The normalized spacial score (nSPS) is 10.8. The van der Waals surface area contributed by atoms with E-state index in [0.29, 0.717) is 10.0 Å². The Morgan fingerprint density at radius 2 is 1.83 bits per heavy atom. The van der Waals surface area contributed by atoms with E-state index >= 15 is 0 Å². The number of nitrogens with one attached hydrogen (secondary N) is 1. The summed E-state index contributed by atoms with van der Waals surface area (Å²) in [6.45, 7) is 1.93. The zero-order chi connectivity index (χ0) is 13.2. The Labute approximate surface area is 125 Å². The van der Waals surface area contributed by atoms with Gasteiger partial charge in [-0.1, -0.05) is 42.1 Å². The molecule has 1 N–H and O–H groups in total. The molecule has 0 heterocycles. The van der Waals surface area contributed by atoms with Gasteiger partial charge in [-0.15, -0.1) is 0 Å². The second-order valence-corrected chi connectivity index (χ2v) is 6.13. The Kier molecular flexibility index (Phi) is 8.95. The van der Waals surface area contributed by atoms with Gasteiger partial charge in [0.05, 0.1) is 10.0 Å². The second kappa shape index (κ2) is 9.96. The van der Waals surface area contributed by atoms with Gasteiger partial charge in [0.2, 0.25) is 0 Å². The summed E-state index contributed by atoms with van der Waals surface area (Å²) >= 11 is 13.8. The molecule has 102 valence electrons. The lowest BCUT2D eigenvalue weighted by Gasteiger charge is -2.06. The van der Waals surface area contributed by atoms with Gasteiger partial charge in [0.25, 0.3) is 0 Å². The zero-order valence-corrected chi connectivity index (χ0v) is 13.2.